The van der Waals surface area contributed by atoms with E-state index in [9.17, 15) is 0 Å². The molecule has 70 valence electrons. The lowest BCUT2D eigenvalue weighted by atomic mass is 10.1. The Labute approximate surface area is 82.3 Å². The van der Waals surface area contributed by atoms with Crippen LogP contribution in [0.1, 0.15) is 28.0 Å². The quantitative estimate of drug-likeness (QED) is 0.434. The Bertz CT molecular complexity index is 324. The van der Waals surface area contributed by atoms with Gasteiger partial charge in [0.2, 0.25) is 0 Å². The molecule has 3 nitrogen and oxygen atoms in total. The zero-order chi connectivity index (χ0) is 9.84. The van der Waals surface area contributed by atoms with Crippen LogP contribution < -0.4 is 11.3 Å². The predicted octanol–water partition coefficient (Wildman–Crippen LogP) is 1.29. The number of rotatable bonds is 3. The Balaban J connectivity index is 2.91. The second-order valence-electron chi connectivity index (χ2n) is 2.81. The fourth-order valence-electron chi connectivity index (χ4n) is 1.22. The maximum atomic E-state index is 5.40. The van der Waals surface area contributed by atoms with E-state index in [1.54, 1.807) is 11.3 Å². The average Bonchev–Trinajstić information content (AvgIpc) is 2.41. The maximum Gasteiger partial charge on any atom is 0.0900 e. The van der Waals surface area contributed by atoms with E-state index < -0.39 is 0 Å². The van der Waals surface area contributed by atoms with Crippen molar-refractivity contribution >= 4 is 11.3 Å². The second kappa shape index (κ2) is 4.38. The van der Waals surface area contributed by atoms with E-state index in [1.807, 2.05) is 13.8 Å². The Morgan fingerprint density at radius 1 is 1.69 bits per heavy atom. The molecule has 0 aromatic carbocycles. The monoisotopic (exact) mass is 195 g/mol. The van der Waals surface area contributed by atoms with E-state index >= 15 is 0 Å². The first kappa shape index (κ1) is 10.2. The topological polar surface area (TPSA) is 50.9 Å². The van der Waals surface area contributed by atoms with Gasteiger partial charge >= 0.3 is 0 Å². The van der Waals surface area contributed by atoms with Crippen molar-refractivity contribution in [1.29, 1.82) is 0 Å². The molecule has 1 aromatic heterocycles. The molecule has 3 N–H and O–H groups in total. The van der Waals surface area contributed by atoms with Gasteiger partial charge in [0.15, 0.2) is 0 Å². The molecule has 0 saturated heterocycles. The van der Waals surface area contributed by atoms with Crippen LogP contribution in [0.2, 0.25) is 0 Å². The first-order valence-electron chi connectivity index (χ1n) is 4.02. The molecule has 13 heavy (non-hydrogen) atoms. The molecular formula is C9H13N3S. The SMILES string of the molecule is C#CCC(NN)c1sc(C)nc1C. The van der Waals surface area contributed by atoms with Gasteiger partial charge in [-0.25, -0.2) is 4.98 Å². The molecule has 0 saturated carbocycles. The summed E-state index contributed by atoms with van der Waals surface area (Å²) < 4.78 is 0. The number of thiazole rings is 1. The van der Waals surface area contributed by atoms with Gasteiger partial charge in [0, 0.05) is 11.3 Å². The van der Waals surface area contributed by atoms with Crippen LogP contribution in [-0.2, 0) is 0 Å². The van der Waals surface area contributed by atoms with Crippen LogP contribution in [0.5, 0.6) is 0 Å². The standard InChI is InChI=1S/C9H13N3S/c1-4-5-8(12-10)9-6(2)11-7(3)13-9/h1,8,12H,5,10H2,2-3H3. The molecule has 1 unspecified atom stereocenters. The Morgan fingerprint density at radius 3 is 2.77 bits per heavy atom. The predicted molar refractivity (Wildman–Crippen MR) is 55.1 cm³/mol. The summed E-state index contributed by atoms with van der Waals surface area (Å²) in [4.78, 5) is 5.45. The molecular weight excluding hydrogens is 182 g/mol. The third-order valence-electron chi connectivity index (χ3n) is 1.78. The molecule has 1 atom stereocenters. The number of hydrazine groups is 1. The van der Waals surface area contributed by atoms with Gasteiger partial charge in [-0.15, -0.1) is 23.7 Å². The zero-order valence-corrected chi connectivity index (χ0v) is 8.61. The van der Waals surface area contributed by atoms with Crippen molar-refractivity contribution in [2.45, 2.75) is 26.3 Å². The van der Waals surface area contributed by atoms with Crippen molar-refractivity contribution in [1.82, 2.24) is 10.4 Å². The summed E-state index contributed by atoms with van der Waals surface area (Å²) in [6.45, 7) is 3.95. The van der Waals surface area contributed by atoms with Gasteiger partial charge in [-0.3, -0.25) is 11.3 Å². The van der Waals surface area contributed by atoms with Gasteiger partial charge in [0.05, 0.1) is 16.7 Å². The number of nitrogens with one attached hydrogen (secondary N) is 1. The van der Waals surface area contributed by atoms with Gasteiger partial charge in [-0.2, -0.15) is 0 Å². The highest BCUT2D eigenvalue weighted by Crippen LogP contribution is 2.25. The summed E-state index contributed by atoms with van der Waals surface area (Å²) in [7, 11) is 0. The van der Waals surface area contributed by atoms with Gasteiger partial charge in [-0.05, 0) is 13.8 Å². The summed E-state index contributed by atoms with van der Waals surface area (Å²) >= 11 is 1.64. The van der Waals surface area contributed by atoms with E-state index in [4.69, 9.17) is 12.3 Å². The minimum atomic E-state index is 0.0381. The van der Waals surface area contributed by atoms with E-state index in [-0.39, 0.29) is 6.04 Å². The molecule has 4 heteroatoms. The van der Waals surface area contributed by atoms with E-state index in [0.29, 0.717) is 6.42 Å². The van der Waals surface area contributed by atoms with E-state index in [2.05, 4.69) is 16.3 Å². The molecule has 1 heterocycles. The Morgan fingerprint density at radius 2 is 2.38 bits per heavy atom. The van der Waals surface area contributed by atoms with Gasteiger partial charge in [0.1, 0.15) is 0 Å². The minimum absolute atomic E-state index is 0.0381. The lowest BCUT2D eigenvalue weighted by Gasteiger charge is -2.10. The highest BCUT2D eigenvalue weighted by molar-refractivity contribution is 7.11. The van der Waals surface area contributed by atoms with Crippen molar-refractivity contribution in [3.8, 4) is 12.3 Å². The summed E-state index contributed by atoms with van der Waals surface area (Å²) in [6, 6.07) is 0.0381. The number of terminal acetylenes is 1. The molecule has 0 aliphatic carbocycles. The highest BCUT2D eigenvalue weighted by atomic mass is 32.1. The molecule has 1 rings (SSSR count). The molecule has 0 aliphatic rings. The Hall–Kier alpha value is -0.890. The molecule has 0 aliphatic heterocycles. The van der Waals surface area contributed by atoms with Crippen LogP contribution in [-0.4, -0.2) is 4.98 Å². The number of nitrogens with zero attached hydrogens (tertiary/aromatic N) is 1. The van der Waals surface area contributed by atoms with Gasteiger partial charge < -0.3 is 0 Å². The lowest BCUT2D eigenvalue weighted by Crippen LogP contribution is -2.27. The Kier molecular flexibility index (Phi) is 3.43. The number of nitrogens with two attached hydrogens (primary N) is 1. The molecule has 0 bridgehead atoms. The number of hydrogen-bond donors (Lipinski definition) is 2. The molecule has 0 fully saturated rings. The van der Waals surface area contributed by atoms with Crippen molar-refractivity contribution in [3.05, 3.63) is 15.6 Å². The maximum absolute atomic E-state index is 5.40. The summed E-state index contributed by atoms with van der Waals surface area (Å²) in [5, 5.41) is 1.05. The number of aryl methyl sites for hydroxylation is 2. The smallest absolute Gasteiger partial charge is 0.0900 e. The lowest BCUT2D eigenvalue weighted by molar-refractivity contribution is 0.573. The summed E-state index contributed by atoms with van der Waals surface area (Å²) in [6.07, 6.45) is 5.83. The van der Waals surface area contributed by atoms with Gasteiger partial charge in [-0.1, -0.05) is 0 Å². The van der Waals surface area contributed by atoms with E-state index in [1.165, 1.54) is 0 Å². The molecule has 1 aromatic rings. The second-order valence-corrected chi connectivity index (χ2v) is 4.04. The number of aromatic nitrogens is 1. The average molecular weight is 195 g/mol. The van der Waals surface area contributed by atoms with Crippen LogP contribution in [0.4, 0.5) is 0 Å². The third-order valence-corrected chi connectivity index (χ3v) is 2.97. The van der Waals surface area contributed by atoms with Crippen LogP contribution in [0.25, 0.3) is 0 Å². The highest BCUT2D eigenvalue weighted by Gasteiger charge is 2.14. The van der Waals surface area contributed by atoms with Crippen LogP contribution in [0, 0.1) is 26.2 Å². The largest absolute Gasteiger partial charge is 0.271 e. The fourth-order valence-corrected chi connectivity index (χ4v) is 2.20. The fraction of sp³-hybridized carbons (Fsp3) is 0.444. The first-order chi connectivity index (χ1) is 6.19. The van der Waals surface area contributed by atoms with Crippen molar-refractivity contribution in [3.63, 3.8) is 0 Å². The van der Waals surface area contributed by atoms with Gasteiger partial charge in [0.25, 0.3) is 0 Å². The molecule has 0 amide bonds. The summed E-state index contributed by atoms with van der Waals surface area (Å²) in [5.74, 6) is 7.99. The van der Waals surface area contributed by atoms with E-state index in [0.717, 1.165) is 15.6 Å². The van der Waals surface area contributed by atoms with Crippen LogP contribution in [0.15, 0.2) is 0 Å². The normalized spacial score (nSPS) is 12.5. The van der Waals surface area contributed by atoms with Crippen molar-refractivity contribution in [2.75, 3.05) is 0 Å². The minimum Gasteiger partial charge on any atom is -0.271 e. The van der Waals surface area contributed by atoms with Crippen LogP contribution >= 0.6 is 11.3 Å². The first-order valence-corrected chi connectivity index (χ1v) is 4.84. The summed E-state index contributed by atoms with van der Waals surface area (Å²) in [5.41, 5.74) is 3.72. The molecule has 0 spiro atoms. The van der Waals surface area contributed by atoms with Crippen LogP contribution in [0.3, 0.4) is 0 Å². The third kappa shape index (κ3) is 2.28. The molecule has 0 radical (unpaired) electrons. The van der Waals surface area contributed by atoms with Crippen molar-refractivity contribution in [2.24, 2.45) is 5.84 Å². The number of hydrogen-bond acceptors (Lipinski definition) is 4. The zero-order valence-electron chi connectivity index (χ0n) is 7.79. The van der Waals surface area contributed by atoms with Crippen molar-refractivity contribution < 1.29 is 0 Å².